The molecule has 0 bridgehead atoms. The maximum atomic E-state index is 5.72. The molecule has 0 aliphatic carbocycles. The van der Waals surface area contributed by atoms with Crippen LogP contribution in [-0.2, 0) is 13.5 Å². The number of nitrogen functional groups attached to an aromatic ring is 1. The second kappa shape index (κ2) is 5.47. The van der Waals surface area contributed by atoms with Crippen molar-refractivity contribution in [2.45, 2.75) is 39.0 Å². The van der Waals surface area contributed by atoms with E-state index in [9.17, 15) is 0 Å². The standard InChI is InChI=1S/C16H23N3/c1-11(2)16-18-10-15(19(16)4)12(3)9-13-5-7-14(17)8-6-13/h5-8,10-12H,9,17H2,1-4H3. The van der Waals surface area contributed by atoms with E-state index in [4.69, 9.17) is 5.73 Å². The molecule has 102 valence electrons. The normalized spacial score (nSPS) is 12.9. The topological polar surface area (TPSA) is 43.8 Å². The van der Waals surface area contributed by atoms with Gasteiger partial charge in [-0.25, -0.2) is 4.98 Å². The first kappa shape index (κ1) is 13.7. The molecular formula is C16H23N3. The Bertz CT molecular complexity index is 538. The molecule has 0 spiro atoms. The lowest BCUT2D eigenvalue weighted by atomic mass is 9.98. The molecule has 0 fully saturated rings. The minimum Gasteiger partial charge on any atom is -0.399 e. The van der Waals surface area contributed by atoms with Crippen LogP contribution in [0.15, 0.2) is 30.5 Å². The summed E-state index contributed by atoms with van der Waals surface area (Å²) in [5.41, 5.74) is 9.14. The number of nitrogens with two attached hydrogens (primary N) is 1. The summed E-state index contributed by atoms with van der Waals surface area (Å²) in [4.78, 5) is 4.54. The SMILES string of the molecule is CC(C)c1ncc(C(C)Cc2ccc(N)cc2)n1C. The summed E-state index contributed by atoms with van der Waals surface area (Å²) in [5.74, 6) is 2.07. The number of aromatic nitrogens is 2. The van der Waals surface area contributed by atoms with E-state index in [2.05, 4.69) is 49.5 Å². The molecule has 2 rings (SSSR count). The summed E-state index contributed by atoms with van der Waals surface area (Å²) in [7, 11) is 2.11. The van der Waals surface area contributed by atoms with Crippen molar-refractivity contribution >= 4 is 5.69 Å². The van der Waals surface area contributed by atoms with Crippen molar-refractivity contribution in [2.75, 3.05) is 5.73 Å². The van der Waals surface area contributed by atoms with Crippen molar-refractivity contribution in [3.8, 4) is 0 Å². The minimum absolute atomic E-state index is 0.452. The summed E-state index contributed by atoms with van der Waals surface area (Å²) in [5, 5.41) is 0. The van der Waals surface area contributed by atoms with E-state index in [1.807, 2.05) is 18.3 Å². The van der Waals surface area contributed by atoms with E-state index >= 15 is 0 Å². The zero-order chi connectivity index (χ0) is 14.0. The number of imidazole rings is 1. The van der Waals surface area contributed by atoms with Gasteiger partial charge in [-0.1, -0.05) is 32.9 Å². The van der Waals surface area contributed by atoms with Crippen LogP contribution in [0.5, 0.6) is 0 Å². The third-order valence-corrected chi connectivity index (χ3v) is 3.60. The first-order chi connectivity index (χ1) is 8.99. The highest BCUT2D eigenvalue weighted by atomic mass is 15.1. The molecule has 0 aliphatic heterocycles. The average molecular weight is 257 g/mol. The van der Waals surface area contributed by atoms with Crippen LogP contribution < -0.4 is 5.73 Å². The van der Waals surface area contributed by atoms with Crippen LogP contribution in [0.4, 0.5) is 5.69 Å². The van der Waals surface area contributed by atoms with Gasteiger partial charge >= 0.3 is 0 Å². The molecule has 2 aromatic rings. The van der Waals surface area contributed by atoms with E-state index in [1.165, 1.54) is 11.3 Å². The maximum Gasteiger partial charge on any atom is 0.111 e. The maximum absolute atomic E-state index is 5.72. The number of benzene rings is 1. The molecule has 19 heavy (non-hydrogen) atoms. The van der Waals surface area contributed by atoms with E-state index < -0.39 is 0 Å². The second-order valence-electron chi connectivity index (χ2n) is 5.60. The van der Waals surface area contributed by atoms with Gasteiger partial charge in [-0.3, -0.25) is 0 Å². The lowest BCUT2D eigenvalue weighted by Gasteiger charge is -2.14. The van der Waals surface area contributed by atoms with Crippen molar-refractivity contribution in [1.82, 2.24) is 9.55 Å². The van der Waals surface area contributed by atoms with Gasteiger partial charge in [-0.2, -0.15) is 0 Å². The number of rotatable bonds is 4. The molecule has 2 N–H and O–H groups in total. The molecule has 3 heteroatoms. The van der Waals surface area contributed by atoms with E-state index in [0.717, 1.165) is 17.9 Å². The number of hydrogen-bond acceptors (Lipinski definition) is 2. The lowest BCUT2D eigenvalue weighted by Crippen LogP contribution is -2.08. The van der Waals surface area contributed by atoms with Gasteiger partial charge in [0.05, 0.1) is 0 Å². The Morgan fingerprint density at radius 1 is 1.16 bits per heavy atom. The highest BCUT2D eigenvalue weighted by Gasteiger charge is 2.15. The van der Waals surface area contributed by atoms with Crippen LogP contribution in [-0.4, -0.2) is 9.55 Å². The smallest absolute Gasteiger partial charge is 0.111 e. The quantitative estimate of drug-likeness (QED) is 0.852. The molecule has 1 unspecified atom stereocenters. The molecule has 0 saturated carbocycles. The van der Waals surface area contributed by atoms with Gasteiger partial charge in [0.25, 0.3) is 0 Å². The van der Waals surface area contributed by atoms with E-state index in [1.54, 1.807) is 0 Å². The number of hydrogen-bond donors (Lipinski definition) is 1. The monoisotopic (exact) mass is 257 g/mol. The third kappa shape index (κ3) is 2.98. The van der Waals surface area contributed by atoms with Crippen LogP contribution in [0.1, 0.15) is 49.7 Å². The molecule has 0 radical (unpaired) electrons. The van der Waals surface area contributed by atoms with Crippen molar-refractivity contribution in [3.63, 3.8) is 0 Å². The second-order valence-corrected chi connectivity index (χ2v) is 5.60. The summed E-state index contributed by atoms with van der Waals surface area (Å²) in [6.07, 6.45) is 3.02. The van der Waals surface area contributed by atoms with Gasteiger partial charge in [-0.15, -0.1) is 0 Å². The first-order valence-electron chi connectivity index (χ1n) is 6.85. The first-order valence-corrected chi connectivity index (χ1v) is 6.85. The molecule has 1 atom stereocenters. The Morgan fingerprint density at radius 2 is 1.79 bits per heavy atom. The van der Waals surface area contributed by atoms with Gasteiger partial charge < -0.3 is 10.3 Å². The summed E-state index contributed by atoms with van der Waals surface area (Å²) in [6, 6.07) is 8.13. The Morgan fingerprint density at radius 3 is 2.32 bits per heavy atom. The highest BCUT2D eigenvalue weighted by molar-refractivity contribution is 5.39. The van der Waals surface area contributed by atoms with Crippen molar-refractivity contribution in [1.29, 1.82) is 0 Å². The van der Waals surface area contributed by atoms with Gasteiger partial charge in [0.15, 0.2) is 0 Å². The van der Waals surface area contributed by atoms with Crippen LogP contribution in [0.25, 0.3) is 0 Å². The molecule has 0 amide bonds. The molecular weight excluding hydrogens is 234 g/mol. The zero-order valence-electron chi connectivity index (χ0n) is 12.2. The fourth-order valence-corrected chi connectivity index (χ4v) is 2.54. The molecule has 3 nitrogen and oxygen atoms in total. The Balaban J connectivity index is 2.16. The van der Waals surface area contributed by atoms with Crippen molar-refractivity contribution < 1.29 is 0 Å². The minimum atomic E-state index is 0.452. The van der Waals surface area contributed by atoms with Gasteiger partial charge in [0.2, 0.25) is 0 Å². The van der Waals surface area contributed by atoms with Crippen LogP contribution in [0, 0.1) is 0 Å². The molecule has 0 aliphatic rings. The third-order valence-electron chi connectivity index (χ3n) is 3.60. The lowest BCUT2D eigenvalue weighted by molar-refractivity contribution is 0.640. The fraction of sp³-hybridized carbons (Fsp3) is 0.438. The van der Waals surface area contributed by atoms with Gasteiger partial charge in [0, 0.05) is 36.5 Å². The predicted octanol–water partition coefficient (Wildman–Crippen LogP) is 3.47. The number of anilines is 1. The highest BCUT2D eigenvalue weighted by Crippen LogP contribution is 2.23. The molecule has 1 heterocycles. The fourth-order valence-electron chi connectivity index (χ4n) is 2.54. The Kier molecular flexibility index (Phi) is 3.93. The average Bonchev–Trinajstić information content (AvgIpc) is 2.74. The van der Waals surface area contributed by atoms with Gasteiger partial charge in [0.1, 0.15) is 5.82 Å². The Labute approximate surface area is 115 Å². The zero-order valence-corrected chi connectivity index (χ0v) is 12.2. The van der Waals surface area contributed by atoms with Crippen molar-refractivity contribution in [2.24, 2.45) is 7.05 Å². The predicted molar refractivity (Wildman–Crippen MR) is 80.3 cm³/mol. The molecule has 0 saturated heterocycles. The molecule has 1 aromatic carbocycles. The number of nitrogens with zero attached hydrogens (tertiary/aromatic N) is 2. The summed E-state index contributed by atoms with van der Waals surface area (Å²) < 4.78 is 2.23. The van der Waals surface area contributed by atoms with Gasteiger partial charge in [-0.05, 0) is 24.1 Å². The summed E-state index contributed by atoms with van der Waals surface area (Å²) in [6.45, 7) is 6.60. The van der Waals surface area contributed by atoms with Crippen molar-refractivity contribution in [3.05, 3.63) is 47.5 Å². The van der Waals surface area contributed by atoms with Crippen LogP contribution in [0.2, 0.25) is 0 Å². The van der Waals surface area contributed by atoms with Crippen LogP contribution in [0.3, 0.4) is 0 Å². The Hall–Kier alpha value is -1.77. The summed E-state index contributed by atoms with van der Waals surface area (Å²) >= 11 is 0. The largest absolute Gasteiger partial charge is 0.399 e. The van der Waals surface area contributed by atoms with E-state index in [0.29, 0.717) is 11.8 Å². The van der Waals surface area contributed by atoms with Crippen LogP contribution >= 0.6 is 0 Å². The molecule has 1 aromatic heterocycles. The van der Waals surface area contributed by atoms with E-state index in [-0.39, 0.29) is 0 Å².